The Kier molecular flexibility index (Phi) is 2.89. The lowest BCUT2D eigenvalue weighted by Gasteiger charge is -2.07. The molecule has 1 aromatic rings. The molecule has 0 radical (unpaired) electrons. The minimum absolute atomic E-state index is 0.0795. The van der Waals surface area contributed by atoms with Crippen molar-refractivity contribution in [2.45, 2.75) is 40.0 Å². The summed E-state index contributed by atoms with van der Waals surface area (Å²) in [4.78, 5) is 20.3. The maximum atomic E-state index is 11.8. The van der Waals surface area contributed by atoms with Gasteiger partial charge in [-0.2, -0.15) is 0 Å². The van der Waals surface area contributed by atoms with E-state index in [0.29, 0.717) is 11.6 Å². The Morgan fingerprint density at radius 1 is 1.41 bits per heavy atom. The number of hydrogen-bond acceptors (Lipinski definition) is 3. The van der Waals surface area contributed by atoms with E-state index in [2.05, 4.69) is 29.1 Å². The van der Waals surface area contributed by atoms with Gasteiger partial charge in [-0.05, 0) is 11.8 Å². The van der Waals surface area contributed by atoms with E-state index in [9.17, 15) is 4.79 Å². The van der Waals surface area contributed by atoms with Gasteiger partial charge in [0.2, 0.25) is 5.91 Å². The Bertz CT molecular complexity index is 423. The van der Waals surface area contributed by atoms with Crippen LogP contribution in [-0.2, 0) is 4.79 Å². The van der Waals surface area contributed by atoms with Crippen LogP contribution in [0, 0.1) is 11.3 Å². The first kappa shape index (κ1) is 12.0. The monoisotopic (exact) mass is 233 g/mol. The van der Waals surface area contributed by atoms with E-state index in [0.717, 1.165) is 12.2 Å². The van der Waals surface area contributed by atoms with Crippen LogP contribution >= 0.6 is 0 Å². The van der Waals surface area contributed by atoms with Crippen molar-refractivity contribution in [1.29, 1.82) is 0 Å². The molecule has 1 N–H and O–H groups in total. The van der Waals surface area contributed by atoms with Gasteiger partial charge in [0.05, 0.1) is 18.1 Å². The quantitative estimate of drug-likeness (QED) is 0.873. The Labute approximate surface area is 102 Å². The van der Waals surface area contributed by atoms with Crippen LogP contribution in [-0.4, -0.2) is 15.9 Å². The standard InChI is InChI=1S/C13H19N3O/c1-8(2)11-14-6-9(7-15-11)16-12(17)10-5-13(10,3)4/h6-8,10H,5H2,1-4H3,(H,16,17)/t10-/m1/s1. The second kappa shape index (κ2) is 4.09. The van der Waals surface area contributed by atoms with Gasteiger partial charge in [0.1, 0.15) is 5.82 Å². The molecule has 1 amide bonds. The second-order valence-corrected chi connectivity index (χ2v) is 5.72. The Hall–Kier alpha value is -1.45. The molecule has 1 saturated carbocycles. The molecule has 1 heterocycles. The third-order valence-corrected chi connectivity index (χ3v) is 3.29. The molecule has 0 aliphatic heterocycles. The lowest BCUT2D eigenvalue weighted by molar-refractivity contribution is -0.118. The fraction of sp³-hybridized carbons (Fsp3) is 0.615. The molecule has 17 heavy (non-hydrogen) atoms. The van der Waals surface area contributed by atoms with Gasteiger partial charge in [-0.15, -0.1) is 0 Å². The Morgan fingerprint density at radius 3 is 2.35 bits per heavy atom. The fourth-order valence-electron chi connectivity index (χ4n) is 1.84. The van der Waals surface area contributed by atoms with Crippen LogP contribution in [0.5, 0.6) is 0 Å². The van der Waals surface area contributed by atoms with Crippen molar-refractivity contribution in [1.82, 2.24) is 9.97 Å². The molecule has 0 spiro atoms. The van der Waals surface area contributed by atoms with Crippen molar-refractivity contribution in [3.8, 4) is 0 Å². The molecule has 0 bridgehead atoms. The zero-order valence-electron chi connectivity index (χ0n) is 10.8. The van der Waals surface area contributed by atoms with E-state index >= 15 is 0 Å². The van der Waals surface area contributed by atoms with E-state index in [-0.39, 0.29) is 17.2 Å². The summed E-state index contributed by atoms with van der Waals surface area (Å²) in [6.07, 6.45) is 4.31. The summed E-state index contributed by atoms with van der Waals surface area (Å²) in [6, 6.07) is 0. The topological polar surface area (TPSA) is 54.9 Å². The highest BCUT2D eigenvalue weighted by molar-refractivity contribution is 5.94. The first-order valence-corrected chi connectivity index (χ1v) is 6.03. The molecule has 2 rings (SSSR count). The van der Waals surface area contributed by atoms with E-state index in [1.165, 1.54) is 0 Å². The molecule has 0 unspecified atom stereocenters. The number of rotatable bonds is 3. The number of hydrogen-bond donors (Lipinski definition) is 1. The Morgan fingerprint density at radius 2 is 1.94 bits per heavy atom. The summed E-state index contributed by atoms with van der Waals surface area (Å²) in [5.41, 5.74) is 0.838. The molecular formula is C13H19N3O. The normalized spacial score (nSPS) is 21.4. The van der Waals surface area contributed by atoms with Crippen molar-refractivity contribution in [3.05, 3.63) is 18.2 Å². The molecular weight excluding hydrogens is 214 g/mol. The van der Waals surface area contributed by atoms with Crippen LogP contribution in [0.2, 0.25) is 0 Å². The number of nitrogens with zero attached hydrogens (tertiary/aromatic N) is 2. The largest absolute Gasteiger partial charge is 0.323 e. The number of amides is 1. The zero-order chi connectivity index (χ0) is 12.6. The smallest absolute Gasteiger partial charge is 0.228 e. The number of carbonyl (C=O) groups is 1. The van der Waals surface area contributed by atoms with Crippen LogP contribution in [0.15, 0.2) is 12.4 Å². The summed E-state index contributed by atoms with van der Waals surface area (Å²) in [6.45, 7) is 8.30. The van der Waals surface area contributed by atoms with Gasteiger partial charge in [-0.1, -0.05) is 27.7 Å². The van der Waals surface area contributed by atoms with Gasteiger partial charge >= 0.3 is 0 Å². The van der Waals surface area contributed by atoms with Crippen LogP contribution < -0.4 is 5.32 Å². The van der Waals surface area contributed by atoms with Crippen LogP contribution in [0.3, 0.4) is 0 Å². The lowest BCUT2D eigenvalue weighted by atomic mass is 10.1. The maximum absolute atomic E-state index is 11.8. The van der Waals surface area contributed by atoms with Crippen molar-refractivity contribution in [2.75, 3.05) is 5.32 Å². The van der Waals surface area contributed by atoms with Crippen LogP contribution in [0.1, 0.15) is 45.9 Å². The summed E-state index contributed by atoms with van der Waals surface area (Å²) in [5, 5.41) is 2.86. The summed E-state index contributed by atoms with van der Waals surface area (Å²) in [5.74, 6) is 1.32. The van der Waals surface area contributed by atoms with E-state index in [4.69, 9.17) is 0 Å². The highest BCUT2D eigenvalue weighted by Gasteiger charge is 2.50. The van der Waals surface area contributed by atoms with Crippen molar-refractivity contribution >= 4 is 11.6 Å². The molecule has 1 fully saturated rings. The van der Waals surface area contributed by atoms with Crippen molar-refractivity contribution in [3.63, 3.8) is 0 Å². The lowest BCUT2D eigenvalue weighted by Crippen LogP contribution is -2.17. The van der Waals surface area contributed by atoms with Gasteiger partial charge in [0, 0.05) is 11.8 Å². The number of carbonyl (C=O) groups excluding carboxylic acids is 1. The highest BCUT2D eigenvalue weighted by atomic mass is 16.2. The average molecular weight is 233 g/mol. The molecule has 4 heteroatoms. The zero-order valence-corrected chi connectivity index (χ0v) is 10.8. The fourth-order valence-corrected chi connectivity index (χ4v) is 1.84. The van der Waals surface area contributed by atoms with Crippen LogP contribution in [0.4, 0.5) is 5.69 Å². The molecule has 92 valence electrons. The van der Waals surface area contributed by atoms with E-state index in [1.54, 1.807) is 12.4 Å². The molecule has 1 aliphatic rings. The van der Waals surface area contributed by atoms with E-state index < -0.39 is 0 Å². The average Bonchev–Trinajstić information content (AvgIpc) is 2.89. The minimum atomic E-state index is 0.0795. The predicted octanol–water partition coefficient (Wildman–Crippen LogP) is 2.58. The number of nitrogens with one attached hydrogen (secondary N) is 1. The second-order valence-electron chi connectivity index (χ2n) is 5.72. The van der Waals surface area contributed by atoms with Gasteiger partial charge in [-0.3, -0.25) is 4.79 Å². The van der Waals surface area contributed by atoms with Crippen molar-refractivity contribution in [2.24, 2.45) is 11.3 Å². The van der Waals surface area contributed by atoms with Crippen LogP contribution in [0.25, 0.3) is 0 Å². The molecule has 1 aromatic heterocycles. The highest BCUT2D eigenvalue weighted by Crippen LogP contribution is 2.51. The van der Waals surface area contributed by atoms with Gasteiger partial charge in [0.15, 0.2) is 0 Å². The SMILES string of the molecule is CC(C)c1ncc(NC(=O)[C@H]2CC2(C)C)cn1. The van der Waals surface area contributed by atoms with Gasteiger partial charge in [-0.25, -0.2) is 9.97 Å². The minimum Gasteiger partial charge on any atom is -0.323 e. The summed E-state index contributed by atoms with van der Waals surface area (Å²) < 4.78 is 0. The van der Waals surface area contributed by atoms with Gasteiger partial charge < -0.3 is 5.32 Å². The third kappa shape index (κ3) is 2.62. The number of aromatic nitrogens is 2. The van der Waals surface area contributed by atoms with E-state index in [1.807, 2.05) is 13.8 Å². The maximum Gasteiger partial charge on any atom is 0.228 e. The number of anilines is 1. The summed E-state index contributed by atoms with van der Waals surface area (Å²) >= 11 is 0. The molecule has 0 saturated heterocycles. The third-order valence-electron chi connectivity index (χ3n) is 3.29. The molecule has 1 aliphatic carbocycles. The molecule has 4 nitrogen and oxygen atoms in total. The Balaban J connectivity index is 1.98. The van der Waals surface area contributed by atoms with Crippen molar-refractivity contribution < 1.29 is 4.79 Å². The molecule has 0 aromatic carbocycles. The molecule has 1 atom stereocenters. The summed E-state index contributed by atoms with van der Waals surface area (Å²) in [7, 11) is 0. The first-order valence-electron chi connectivity index (χ1n) is 6.03. The first-order chi connectivity index (χ1) is 7.90. The van der Waals surface area contributed by atoms with Gasteiger partial charge in [0.25, 0.3) is 0 Å². The predicted molar refractivity (Wildman–Crippen MR) is 66.6 cm³/mol.